The first-order valence-corrected chi connectivity index (χ1v) is 12.3. The highest BCUT2D eigenvalue weighted by molar-refractivity contribution is 7.92. The Labute approximate surface area is 199 Å². The third-order valence-corrected chi connectivity index (χ3v) is 6.88. The van der Waals surface area contributed by atoms with Crippen molar-refractivity contribution in [3.63, 3.8) is 0 Å². The first-order chi connectivity index (χ1) is 16.8. The Hall–Kier alpha value is -4.25. The van der Waals surface area contributed by atoms with Gasteiger partial charge in [0.05, 0.1) is 28.9 Å². The van der Waals surface area contributed by atoms with Gasteiger partial charge in [0.1, 0.15) is 17.2 Å². The summed E-state index contributed by atoms with van der Waals surface area (Å²) in [4.78, 5) is 21.5. The standard InChI is InChI=1S/C24H20FN5O4S/c1-3-35(32,33)29-18-11-20-17(10-16(18)19-13-30-9-8-27-21(30)12-28-19)22(24(31)26-2)23(34-20)14-4-6-15(25)7-5-14/h4-13,29H,3H2,1-2H3,(H,26,31). The fourth-order valence-electron chi connectivity index (χ4n) is 3.80. The van der Waals surface area contributed by atoms with Crippen LogP contribution in [0.5, 0.6) is 0 Å². The van der Waals surface area contributed by atoms with Gasteiger partial charge in [0.15, 0.2) is 5.65 Å². The molecule has 3 aromatic heterocycles. The lowest BCUT2D eigenvalue weighted by Crippen LogP contribution is -2.18. The van der Waals surface area contributed by atoms with E-state index in [9.17, 15) is 17.6 Å². The summed E-state index contributed by atoms with van der Waals surface area (Å²) in [5, 5.41) is 3.06. The minimum atomic E-state index is -3.64. The van der Waals surface area contributed by atoms with Gasteiger partial charge in [-0.1, -0.05) is 0 Å². The van der Waals surface area contributed by atoms with E-state index >= 15 is 0 Å². The zero-order chi connectivity index (χ0) is 24.7. The molecule has 5 aromatic rings. The number of hydrogen-bond acceptors (Lipinski definition) is 6. The van der Waals surface area contributed by atoms with E-state index in [1.807, 2.05) is 0 Å². The summed E-state index contributed by atoms with van der Waals surface area (Å²) in [6.07, 6.45) is 6.65. The molecule has 9 nitrogen and oxygen atoms in total. The van der Waals surface area contributed by atoms with Gasteiger partial charge in [-0.15, -0.1) is 0 Å². The van der Waals surface area contributed by atoms with Crippen LogP contribution in [-0.2, 0) is 10.0 Å². The van der Waals surface area contributed by atoms with Crippen LogP contribution in [0.15, 0.2) is 65.6 Å². The Bertz CT molecular complexity index is 1690. The summed E-state index contributed by atoms with van der Waals surface area (Å²) >= 11 is 0. The van der Waals surface area contributed by atoms with Crippen molar-refractivity contribution in [2.75, 3.05) is 17.5 Å². The van der Waals surface area contributed by atoms with Crippen LogP contribution in [0.2, 0.25) is 0 Å². The SMILES string of the molecule is CCS(=O)(=O)Nc1cc2oc(-c3ccc(F)cc3)c(C(=O)NC)c2cc1-c1cn2ccnc2cn1. The number of carbonyl (C=O) groups is 1. The van der Waals surface area contributed by atoms with Crippen molar-refractivity contribution in [3.05, 3.63) is 72.6 Å². The van der Waals surface area contributed by atoms with E-state index in [2.05, 4.69) is 20.0 Å². The Morgan fingerprint density at radius 1 is 1.17 bits per heavy atom. The third-order valence-electron chi connectivity index (χ3n) is 5.59. The monoisotopic (exact) mass is 493 g/mol. The molecule has 35 heavy (non-hydrogen) atoms. The third kappa shape index (κ3) is 4.10. The maximum absolute atomic E-state index is 13.5. The highest BCUT2D eigenvalue weighted by Gasteiger charge is 2.25. The van der Waals surface area contributed by atoms with Crippen molar-refractivity contribution in [1.29, 1.82) is 0 Å². The molecule has 0 saturated carbocycles. The Morgan fingerprint density at radius 3 is 2.66 bits per heavy atom. The second-order valence-corrected chi connectivity index (χ2v) is 9.77. The number of nitrogens with one attached hydrogen (secondary N) is 2. The average molecular weight is 494 g/mol. The predicted octanol–water partition coefficient (Wildman–Crippen LogP) is 4.07. The molecule has 2 aromatic carbocycles. The zero-order valence-corrected chi connectivity index (χ0v) is 19.6. The largest absolute Gasteiger partial charge is 0.455 e. The molecule has 0 aliphatic heterocycles. The van der Waals surface area contributed by atoms with Crippen LogP contribution in [0.3, 0.4) is 0 Å². The van der Waals surface area contributed by atoms with Crippen LogP contribution in [-0.4, -0.2) is 41.5 Å². The molecular formula is C24H20FN5O4S. The lowest BCUT2D eigenvalue weighted by Gasteiger charge is -2.12. The van der Waals surface area contributed by atoms with Crippen molar-refractivity contribution in [2.45, 2.75) is 6.92 Å². The maximum Gasteiger partial charge on any atom is 0.255 e. The minimum absolute atomic E-state index is 0.138. The molecule has 1 amide bonds. The molecule has 5 rings (SSSR count). The van der Waals surface area contributed by atoms with E-state index in [-0.39, 0.29) is 28.3 Å². The van der Waals surface area contributed by atoms with Crippen LogP contribution in [0.25, 0.3) is 39.2 Å². The van der Waals surface area contributed by atoms with E-state index in [0.29, 0.717) is 27.9 Å². The first-order valence-electron chi connectivity index (χ1n) is 10.7. The molecule has 0 radical (unpaired) electrons. The Kier molecular flexibility index (Phi) is 5.48. The van der Waals surface area contributed by atoms with Crippen LogP contribution >= 0.6 is 0 Å². The van der Waals surface area contributed by atoms with Gasteiger partial charge in [-0.2, -0.15) is 0 Å². The molecule has 0 aliphatic carbocycles. The number of aromatic nitrogens is 3. The van der Waals surface area contributed by atoms with Gasteiger partial charge in [-0.3, -0.25) is 14.5 Å². The molecule has 0 fully saturated rings. The molecule has 178 valence electrons. The highest BCUT2D eigenvalue weighted by atomic mass is 32.2. The van der Waals surface area contributed by atoms with E-state index in [1.165, 1.54) is 44.3 Å². The molecule has 0 unspecified atom stereocenters. The number of carbonyl (C=O) groups excluding carboxylic acids is 1. The maximum atomic E-state index is 13.5. The van der Waals surface area contributed by atoms with E-state index in [1.54, 1.807) is 35.3 Å². The van der Waals surface area contributed by atoms with Gasteiger partial charge in [-0.05, 0) is 37.3 Å². The number of anilines is 1. The second kappa shape index (κ2) is 8.51. The fourth-order valence-corrected chi connectivity index (χ4v) is 4.45. The number of imidazole rings is 1. The van der Waals surface area contributed by atoms with Crippen LogP contribution in [0.1, 0.15) is 17.3 Å². The van der Waals surface area contributed by atoms with Crippen molar-refractivity contribution in [2.24, 2.45) is 0 Å². The van der Waals surface area contributed by atoms with Crippen molar-refractivity contribution >= 4 is 38.2 Å². The number of fused-ring (bicyclic) bond motifs is 2. The normalized spacial score (nSPS) is 11.7. The summed E-state index contributed by atoms with van der Waals surface area (Å²) in [5.74, 6) is -0.736. The van der Waals surface area contributed by atoms with Gasteiger partial charge < -0.3 is 14.1 Å². The number of furan rings is 1. The van der Waals surface area contributed by atoms with Gasteiger partial charge >= 0.3 is 0 Å². The number of hydrogen-bond donors (Lipinski definition) is 2. The predicted molar refractivity (Wildman–Crippen MR) is 130 cm³/mol. The van der Waals surface area contributed by atoms with E-state index < -0.39 is 21.7 Å². The topological polar surface area (TPSA) is 119 Å². The average Bonchev–Trinajstić information content (AvgIpc) is 3.47. The molecule has 0 aliphatic rings. The van der Waals surface area contributed by atoms with E-state index in [0.717, 1.165) is 0 Å². The fraction of sp³-hybridized carbons (Fsp3) is 0.125. The highest BCUT2D eigenvalue weighted by Crippen LogP contribution is 2.39. The lowest BCUT2D eigenvalue weighted by molar-refractivity contribution is 0.0964. The van der Waals surface area contributed by atoms with Gasteiger partial charge in [0, 0.05) is 48.2 Å². The van der Waals surface area contributed by atoms with Gasteiger partial charge in [0.25, 0.3) is 5.91 Å². The summed E-state index contributed by atoms with van der Waals surface area (Å²) in [5.41, 5.74) is 2.79. The second-order valence-electron chi connectivity index (χ2n) is 7.76. The quantitative estimate of drug-likeness (QED) is 0.368. The number of nitrogens with zero attached hydrogens (tertiary/aromatic N) is 3. The van der Waals surface area contributed by atoms with E-state index in [4.69, 9.17) is 4.42 Å². The first kappa shape index (κ1) is 22.5. The lowest BCUT2D eigenvalue weighted by atomic mass is 10.0. The van der Waals surface area contributed by atoms with Crippen molar-refractivity contribution in [1.82, 2.24) is 19.7 Å². The van der Waals surface area contributed by atoms with Crippen molar-refractivity contribution in [3.8, 4) is 22.6 Å². The molecule has 11 heteroatoms. The van der Waals surface area contributed by atoms with Crippen LogP contribution < -0.4 is 10.0 Å². The number of benzene rings is 2. The van der Waals surface area contributed by atoms with Crippen LogP contribution in [0, 0.1) is 5.82 Å². The summed E-state index contributed by atoms with van der Waals surface area (Å²) in [7, 11) is -2.15. The molecule has 0 bridgehead atoms. The molecule has 0 spiro atoms. The number of rotatable bonds is 6. The minimum Gasteiger partial charge on any atom is -0.455 e. The molecule has 0 atom stereocenters. The van der Waals surface area contributed by atoms with Crippen LogP contribution in [0.4, 0.5) is 10.1 Å². The molecule has 2 N–H and O–H groups in total. The summed E-state index contributed by atoms with van der Waals surface area (Å²) < 4.78 is 48.8. The summed E-state index contributed by atoms with van der Waals surface area (Å²) in [6.45, 7) is 1.53. The summed E-state index contributed by atoms with van der Waals surface area (Å²) in [6, 6.07) is 8.75. The zero-order valence-electron chi connectivity index (χ0n) is 18.7. The number of sulfonamides is 1. The molecule has 3 heterocycles. The van der Waals surface area contributed by atoms with Crippen molar-refractivity contribution < 1.29 is 22.0 Å². The smallest absolute Gasteiger partial charge is 0.255 e. The molecular weight excluding hydrogens is 473 g/mol. The Morgan fingerprint density at radius 2 is 1.94 bits per heavy atom. The molecule has 0 saturated heterocycles. The van der Waals surface area contributed by atoms with Gasteiger partial charge in [0.2, 0.25) is 10.0 Å². The number of halogens is 1. The Balaban J connectivity index is 1.81. The van der Waals surface area contributed by atoms with Gasteiger partial charge in [-0.25, -0.2) is 17.8 Å². The number of amides is 1.